The second kappa shape index (κ2) is 3.42. The highest BCUT2D eigenvalue weighted by molar-refractivity contribution is 7.16. The van der Waals surface area contributed by atoms with E-state index in [1.165, 1.54) is 0 Å². The van der Waals surface area contributed by atoms with Crippen molar-refractivity contribution in [3.63, 3.8) is 0 Å². The van der Waals surface area contributed by atoms with Crippen molar-refractivity contribution < 1.29 is 0 Å². The van der Waals surface area contributed by atoms with E-state index >= 15 is 0 Å². The molecule has 8 heavy (non-hydrogen) atoms. The van der Waals surface area contributed by atoms with Gasteiger partial charge in [0.25, 0.3) is 0 Å². The van der Waals surface area contributed by atoms with Crippen LogP contribution in [0.25, 0.3) is 0 Å². The second-order valence-electron chi connectivity index (χ2n) is 2.27. The van der Waals surface area contributed by atoms with Crippen molar-refractivity contribution in [3.8, 4) is 0 Å². The van der Waals surface area contributed by atoms with E-state index in [9.17, 15) is 0 Å². The molecule has 0 radical (unpaired) electrons. The van der Waals surface area contributed by atoms with Crippen LogP contribution in [0, 0.1) is 0 Å². The Balaban J connectivity index is 3.58. The van der Waals surface area contributed by atoms with Crippen LogP contribution in [0.4, 0.5) is 0 Å². The minimum Gasteiger partial charge on any atom is -0.325 e. The summed E-state index contributed by atoms with van der Waals surface area (Å²) in [4.78, 5) is 0. The number of hydrogen-bond donors (Lipinski definition) is 1. The fourth-order valence-corrected chi connectivity index (χ4v) is 1.12. The van der Waals surface area contributed by atoms with Gasteiger partial charge in [-0.1, -0.05) is 13.8 Å². The smallest absolute Gasteiger partial charge is 0.0183 e. The van der Waals surface area contributed by atoms with Crippen LogP contribution < -0.4 is 5.73 Å². The Hall–Kier alpha value is 0.390. The molecule has 0 heterocycles. The summed E-state index contributed by atoms with van der Waals surface area (Å²) in [6.07, 6.45) is 3.17. The highest BCUT2D eigenvalue weighted by Gasteiger charge is 2.15. The third-order valence-corrected chi connectivity index (χ3v) is 2.63. The molecule has 0 saturated heterocycles. The summed E-state index contributed by atoms with van der Waals surface area (Å²) in [5.74, 6) is 0. The van der Waals surface area contributed by atoms with Crippen LogP contribution in [0.2, 0.25) is 0 Å². The Kier molecular flexibility index (Phi) is 3.59. The van der Waals surface area contributed by atoms with Gasteiger partial charge in [0.1, 0.15) is 0 Å². The summed E-state index contributed by atoms with van der Waals surface area (Å²) in [5, 5.41) is 0. The van der Waals surface area contributed by atoms with Gasteiger partial charge in [0, 0.05) is 5.54 Å². The molecule has 1 nitrogen and oxygen atoms in total. The van der Waals surface area contributed by atoms with E-state index in [2.05, 4.69) is 23.1 Å². The quantitative estimate of drug-likeness (QED) is 0.578. The molecule has 2 N–H and O–H groups in total. The average molecular weight is 133 g/mol. The van der Waals surface area contributed by atoms with Gasteiger partial charge in [0.2, 0.25) is 0 Å². The van der Waals surface area contributed by atoms with Gasteiger partial charge >= 0.3 is 0 Å². The van der Waals surface area contributed by atoms with Gasteiger partial charge in [-0.3, -0.25) is 0 Å². The van der Waals surface area contributed by atoms with Crippen LogP contribution in [0.15, 0.2) is 0 Å². The van der Waals surface area contributed by atoms with E-state index in [4.69, 9.17) is 5.73 Å². The minimum absolute atomic E-state index is 0.0880. The van der Waals surface area contributed by atoms with Crippen LogP contribution in [0.3, 0.4) is 0 Å². The lowest BCUT2D eigenvalue weighted by Gasteiger charge is -2.23. The Labute approximate surface area is 54.2 Å². The van der Waals surface area contributed by atoms with Gasteiger partial charge in [-0.2, -0.15) is 0 Å². The largest absolute Gasteiger partial charge is 0.325 e. The Morgan fingerprint density at radius 1 is 1.38 bits per heavy atom. The van der Waals surface area contributed by atoms with Crippen LogP contribution in [-0.4, -0.2) is 11.7 Å². The van der Waals surface area contributed by atoms with E-state index in [1.807, 2.05) is 0 Å². The van der Waals surface area contributed by atoms with Crippen LogP contribution in [0.1, 0.15) is 26.7 Å². The van der Waals surface area contributed by atoms with Crippen LogP contribution in [0.5, 0.6) is 0 Å². The first-order valence-corrected chi connectivity index (χ1v) is 3.99. The van der Waals surface area contributed by atoms with Crippen LogP contribution in [-0.2, 0) is 0 Å². The molecule has 0 fully saturated rings. The Morgan fingerprint density at radius 3 is 1.75 bits per heavy atom. The predicted octanol–water partition coefficient (Wildman–Crippen LogP) is 1.38. The molecule has 0 aromatic rings. The number of hydrogen-bond acceptors (Lipinski definition) is 1. The Morgan fingerprint density at radius 2 is 1.75 bits per heavy atom. The molecule has 0 aliphatic carbocycles. The van der Waals surface area contributed by atoms with Crippen molar-refractivity contribution in [2.24, 2.45) is 5.73 Å². The third-order valence-electron chi connectivity index (χ3n) is 1.81. The third kappa shape index (κ3) is 2.11. The first kappa shape index (κ1) is 8.39. The molecule has 0 bridgehead atoms. The van der Waals surface area contributed by atoms with E-state index < -0.39 is 0 Å². The first-order valence-electron chi connectivity index (χ1n) is 3.17. The maximum absolute atomic E-state index is 5.88. The standard InChI is InChI=1S/C6H16NP/c1-3-6(7,4-2)5-8/h3-5,7-8H2,1-2H3. The topological polar surface area (TPSA) is 26.0 Å². The zero-order valence-electron chi connectivity index (χ0n) is 5.78. The zero-order valence-corrected chi connectivity index (χ0v) is 6.93. The maximum Gasteiger partial charge on any atom is 0.0183 e. The molecule has 0 saturated carbocycles. The molecular weight excluding hydrogens is 117 g/mol. The van der Waals surface area contributed by atoms with E-state index in [-0.39, 0.29) is 5.54 Å². The molecular formula is C6H16NP. The van der Waals surface area contributed by atoms with Crippen molar-refractivity contribution in [2.75, 3.05) is 6.16 Å². The predicted molar refractivity (Wildman–Crippen MR) is 42.1 cm³/mol. The van der Waals surface area contributed by atoms with Gasteiger partial charge in [-0.15, -0.1) is 9.24 Å². The Bertz CT molecular complexity index is 51.3. The zero-order chi connectivity index (χ0) is 6.62. The number of nitrogens with two attached hydrogens (primary N) is 1. The monoisotopic (exact) mass is 133 g/mol. The molecule has 0 aliphatic heterocycles. The summed E-state index contributed by atoms with van der Waals surface area (Å²) < 4.78 is 0. The van der Waals surface area contributed by atoms with Crippen LogP contribution >= 0.6 is 9.24 Å². The van der Waals surface area contributed by atoms with Crippen molar-refractivity contribution in [1.82, 2.24) is 0 Å². The molecule has 0 aliphatic rings. The first-order chi connectivity index (χ1) is 3.68. The van der Waals surface area contributed by atoms with E-state index in [1.54, 1.807) is 0 Å². The lowest BCUT2D eigenvalue weighted by molar-refractivity contribution is 0.446. The maximum atomic E-state index is 5.88. The summed E-state index contributed by atoms with van der Waals surface area (Å²) in [5.41, 5.74) is 5.96. The lowest BCUT2D eigenvalue weighted by Crippen LogP contribution is -2.39. The normalized spacial score (nSPS) is 12.0. The summed E-state index contributed by atoms with van der Waals surface area (Å²) in [6.45, 7) is 4.26. The fraction of sp³-hybridized carbons (Fsp3) is 1.00. The molecule has 0 rings (SSSR count). The second-order valence-corrected chi connectivity index (χ2v) is 2.68. The van der Waals surface area contributed by atoms with Gasteiger partial charge in [0.05, 0.1) is 0 Å². The number of rotatable bonds is 3. The minimum atomic E-state index is 0.0880. The highest BCUT2D eigenvalue weighted by atomic mass is 31.0. The molecule has 50 valence electrons. The average Bonchev–Trinajstić information content (AvgIpc) is 1.87. The summed E-state index contributed by atoms with van der Waals surface area (Å²) in [6, 6.07) is 0. The van der Waals surface area contributed by atoms with E-state index in [0.29, 0.717) is 0 Å². The molecule has 0 aromatic carbocycles. The molecule has 1 unspecified atom stereocenters. The van der Waals surface area contributed by atoms with Gasteiger partial charge < -0.3 is 5.73 Å². The molecule has 2 heteroatoms. The van der Waals surface area contributed by atoms with Crippen molar-refractivity contribution in [1.29, 1.82) is 0 Å². The fourth-order valence-electron chi connectivity index (χ4n) is 0.539. The molecule has 0 aromatic heterocycles. The SMILES string of the molecule is CCC(N)(CC)CP. The van der Waals surface area contributed by atoms with E-state index in [0.717, 1.165) is 19.0 Å². The summed E-state index contributed by atoms with van der Waals surface area (Å²) in [7, 11) is 2.69. The summed E-state index contributed by atoms with van der Waals surface area (Å²) >= 11 is 0. The molecule has 1 atom stereocenters. The highest BCUT2D eigenvalue weighted by Crippen LogP contribution is 2.13. The van der Waals surface area contributed by atoms with Gasteiger partial charge in [0.15, 0.2) is 0 Å². The molecule has 0 amide bonds. The molecule has 0 spiro atoms. The van der Waals surface area contributed by atoms with Crippen molar-refractivity contribution in [3.05, 3.63) is 0 Å². The van der Waals surface area contributed by atoms with Crippen molar-refractivity contribution >= 4 is 9.24 Å². The lowest BCUT2D eigenvalue weighted by atomic mass is 9.97. The van der Waals surface area contributed by atoms with Gasteiger partial charge in [-0.25, -0.2) is 0 Å². The van der Waals surface area contributed by atoms with Gasteiger partial charge in [-0.05, 0) is 19.0 Å². The van der Waals surface area contributed by atoms with Crippen molar-refractivity contribution in [2.45, 2.75) is 32.2 Å².